The normalized spacial score (nSPS) is 16.0. The van der Waals surface area contributed by atoms with Crippen molar-refractivity contribution in [1.29, 1.82) is 0 Å². The Morgan fingerprint density at radius 1 is 1.14 bits per heavy atom. The zero-order chi connectivity index (χ0) is 19.8. The summed E-state index contributed by atoms with van der Waals surface area (Å²) < 4.78 is 15.6. The fourth-order valence-electron chi connectivity index (χ4n) is 3.59. The van der Waals surface area contributed by atoms with Gasteiger partial charge in [0, 0.05) is 42.8 Å². The lowest BCUT2D eigenvalue weighted by molar-refractivity contribution is -0.122. The third kappa shape index (κ3) is 3.10. The van der Waals surface area contributed by atoms with Crippen molar-refractivity contribution in [2.75, 3.05) is 13.6 Å². The first-order chi connectivity index (χ1) is 13.5. The number of carbonyl (C=O) groups excluding carboxylic acids is 1. The van der Waals surface area contributed by atoms with Crippen molar-refractivity contribution in [2.24, 2.45) is 0 Å². The summed E-state index contributed by atoms with van der Waals surface area (Å²) in [7, 11) is 1.81. The molecule has 0 aliphatic carbocycles. The second-order valence-corrected chi connectivity index (χ2v) is 7.15. The smallest absolute Gasteiger partial charge is 0.276 e. The largest absolute Gasteiger partial charge is 0.342 e. The van der Waals surface area contributed by atoms with Crippen LogP contribution in [0.25, 0.3) is 17.0 Å². The predicted molar refractivity (Wildman–Crippen MR) is 113 cm³/mol. The molecule has 142 valence electrons. The van der Waals surface area contributed by atoms with E-state index in [2.05, 4.69) is 4.57 Å². The van der Waals surface area contributed by atoms with E-state index in [0.29, 0.717) is 23.9 Å². The number of nitrogens with zero attached hydrogens (tertiary/aromatic N) is 3. The molecule has 1 aliphatic heterocycles. The van der Waals surface area contributed by atoms with Crippen molar-refractivity contribution >= 4 is 40.2 Å². The summed E-state index contributed by atoms with van der Waals surface area (Å²) in [4.78, 5) is 16.1. The van der Waals surface area contributed by atoms with Crippen molar-refractivity contribution in [1.82, 2.24) is 14.4 Å². The summed E-state index contributed by atoms with van der Waals surface area (Å²) in [5, 5.41) is 1.55. The van der Waals surface area contributed by atoms with Gasteiger partial charge in [-0.3, -0.25) is 9.69 Å². The van der Waals surface area contributed by atoms with Gasteiger partial charge in [-0.1, -0.05) is 30.3 Å². The number of para-hydroxylation sites is 1. The number of aromatic nitrogens is 1. The van der Waals surface area contributed by atoms with Crippen LogP contribution in [0.5, 0.6) is 0 Å². The summed E-state index contributed by atoms with van der Waals surface area (Å²) in [6.07, 6.45) is 3.88. The number of fused-ring (bicyclic) bond motifs is 1. The molecule has 0 N–H and O–H groups in total. The summed E-state index contributed by atoms with van der Waals surface area (Å²) in [6, 6.07) is 14.6. The average Bonchev–Trinajstić information content (AvgIpc) is 3.12. The van der Waals surface area contributed by atoms with Crippen LogP contribution in [-0.4, -0.2) is 39.0 Å². The molecule has 0 unspecified atom stereocenters. The topological polar surface area (TPSA) is 28.5 Å². The van der Waals surface area contributed by atoms with E-state index in [4.69, 9.17) is 12.2 Å². The molecule has 0 radical (unpaired) electrons. The molecule has 2 heterocycles. The van der Waals surface area contributed by atoms with E-state index in [9.17, 15) is 9.18 Å². The first kappa shape index (κ1) is 18.4. The Hall–Kier alpha value is -2.99. The van der Waals surface area contributed by atoms with E-state index in [1.54, 1.807) is 21.9 Å². The molecule has 1 saturated heterocycles. The molecule has 4 rings (SSSR count). The lowest BCUT2D eigenvalue weighted by atomic mass is 10.1. The van der Waals surface area contributed by atoms with Gasteiger partial charge in [-0.25, -0.2) is 4.39 Å². The number of halogens is 1. The number of rotatable bonds is 4. The van der Waals surface area contributed by atoms with Gasteiger partial charge in [0.2, 0.25) is 0 Å². The zero-order valence-corrected chi connectivity index (χ0v) is 16.5. The molecule has 0 saturated carbocycles. The van der Waals surface area contributed by atoms with Gasteiger partial charge in [-0.15, -0.1) is 0 Å². The maximum atomic E-state index is 13.6. The second kappa shape index (κ2) is 7.20. The van der Waals surface area contributed by atoms with Gasteiger partial charge in [0.1, 0.15) is 11.5 Å². The SMILES string of the molecule is CCN1C(=O)C(=Cc2cn(Cc3cccc(F)c3)c3ccccc23)N(C)C1=S. The molecule has 2 aromatic carbocycles. The first-order valence-corrected chi connectivity index (χ1v) is 9.54. The number of hydrogen-bond donors (Lipinski definition) is 0. The highest BCUT2D eigenvalue weighted by Crippen LogP contribution is 2.28. The highest BCUT2D eigenvalue weighted by Gasteiger charge is 2.34. The average molecular weight is 393 g/mol. The van der Waals surface area contributed by atoms with Gasteiger partial charge in [0.05, 0.1) is 0 Å². The quantitative estimate of drug-likeness (QED) is 0.490. The number of benzene rings is 2. The molecular weight excluding hydrogens is 373 g/mol. The predicted octanol–water partition coefficient (Wildman–Crippen LogP) is 4.25. The Bertz CT molecular complexity index is 1120. The fourth-order valence-corrected chi connectivity index (χ4v) is 3.90. The number of thiocarbonyl (C=S) groups is 1. The van der Waals surface area contributed by atoms with Crippen LogP contribution in [0.4, 0.5) is 4.39 Å². The van der Waals surface area contributed by atoms with E-state index in [0.717, 1.165) is 22.0 Å². The second-order valence-electron chi connectivity index (χ2n) is 6.78. The Kier molecular flexibility index (Phi) is 4.73. The van der Waals surface area contributed by atoms with Crippen LogP contribution in [0.3, 0.4) is 0 Å². The monoisotopic (exact) mass is 393 g/mol. The van der Waals surface area contributed by atoms with Crippen molar-refractivity contribution < 1.29 is 9.18 Å². The molecule has 0 spiro atoms. The highest BCUT2D eigenvalue weighted by molar-refractivity contribution is 7.80. The van der Waals surface area contributed by atoms with Crippen LogP contribution < -0.4 is 0 Å². The molecule has 3 aromatic rings. The molecule has 1 fully saturated rings. The molecule has 1 aliphatic rings. The number of likely N-dealkylation sites (N-methyl/N-ethyl adjacent to an activating group) is 2. The Morgan fingerprint density at radius 3 is 2.64 bits per heavy atom. The summed E-state index contributed by atoms with van der Waals surface area (Å²) in [5.74, 6) is -0.334. The third-order valence-corrected chi connectivity index (χ3v) is 5.51. The van der Waals surface area contributed by atoms with E-state index >= 15 is 0 Å². The minimum absolute atomic E-state index is 0.0861. The van der Waals surface area contributed by atoms with E-state index < -0.39 is 0 Å². The van der Waals surface area contributed by atoms with Crippen LogP contribution in [0, 0.1) is 5.82 Å². The molecule has 4 nitrogen and oxygen atoms in total. The van der Waals surface area contributed by atoms with Crippen LogP contribution in [0.2, 0.25) is 0 Å². The van der Waals surface area contributed by atoms with E-state index in [1.807, 2.05) is 56.6 Å². The lowest BCUT2D eigenvalue weighted by Gasteiger charge is -2.13. The van der Waals surface area contributed by atoms with Crippen LogP contribution in [-0.2, 0) is 11.3 Å². The van der Waals surface area contributed by atoms with Crippen LogP contribution >= 0.6 is 12.2 Å². The van der Waals surface area contributed by atoms with Crippen molar-refractivity contribution in [2.45, 2.75) is 13.5 Å². The summed E-state index contributed by atoms with van der Waals surface area (Å²) in [6.45, 7) is 3.00. The van der Waals surface area contributed by atoms with Crippen molar-refractivity contribution in [3.63, 3.8) is 0 Å². The molecule has 28 heavy (non-hydrogen) atoms. The van der Waals surface area contributed by atoms with Crippen molar-refractivity contribution in [3.8, 4) is 0 Å². The molecule has 1 amide bonds. The first-order valence-electron chi connectivity index (χ1n) is 9.13. The van der Waals surface area contributed by atoms with Gasteiger partial charge in [-0.2, -0.15) is 0 Å². The minimum Gasteiger partial charge on any atom is -0.342 e. The Morgan fingerprint density at radius 2 is 1.93 bits per heavy atom. The summed E-state index contributed by atoms with van der Waals surface area (Å²) in [5.41, 5.74) is 3.40. The third-order valence-electron chi connectivity index (χ3n) is 5.01. The van der Waals surface area contributed by atoms with E-state index in [-0.39, 0.29) is 11.7 Å². The molecular formula is C22H20FN3OS. The molecule has 0 bridgehead atoms. The van der Waals surface area contributed by atoms with Gasteiger partial charge < -0.3 is 9.47 Å². The van der Waals surface area contributed by atoms with Gasteiger partial charge >= 0.3 is 0 Å². The van der Waals surface area contributed by atoms with E-state index in [1.165, 1.54) is 6.07 Å². The Balaban J connectivity index is 1.79. The van der Waals surface area contributed by atoms with Crippen LogP contribution in [0.15, 0.2) is 60.4 Å². The van der Waals surface area contributed by atoms with Gasteiger partial charge in [-0.05, 0) is 49.0 Å². The maximum Gasteiger partial charge on any atom is 0.276 e. The number of hydrogen-bond acceptors (Lipinski definition) is 2. The lowest BCUT2D eigenvalue weighted by Crippen LogP contribution is -2.30. The van der Waals surface area contributed by atoms with Crippen molar-refractivity contribution in [3.05, 3.63) is 77.4 Å². The molecule has 0 atom stereocenters. The van der Waals surface area contributed by atoms with Gasteiger partial charge in [0.25, 0.3) is 5.91 Å². The summed E-state index contributed by atoms with van der Waals surface area (Å²) >= 11 is 5.38. The van der Waals surface area contributed by atoms with Gasteiger partial charge in [0.15, 0.2) is 5.11 Å². The molecule has 1 aromatic heterocycles. The minimum atomic E-state index is -0.248. The standard InChI is InChI=1S/C22H20FN3OS/c1-3-26-21(27)20(24(2)22(26)28)12-16-14-25(19-10-5-4-9-18(16)19)13-15-7-6-8-17(23)11-15/h4-12,14H,3,13H2,1-2H3. The highest BCUT2D eigenvalue weighted by atomic mass is 32.1. The number of amides is 1. The molecule has 6 heteroatoms. The maximum absolute atomic E-state index is 13.6. The number of carbonyl (C=O) groups is 1. The fraction of sp³-hybridized carbons (Fsp3) is 0.182. The van der Waals surface area contributed by atoms with Crippen LogP contribution in [0.1, 0.15) is 18.1 Å². The zero-order valence-electron chi connectivity index (χ0n) is 15.7. The Labute approximate surface area is 168 Å².